The van der Waals surface area contributed by atoms with E-state index >= 15 is 0 Å². The number of carbonyl (C=O) groups is 2. The van der Waals surface area contributed by atoms with Crippen molar-refractivity contribution in [2.75, 3.05) is 22.6 Å². The summed E-state index contributed by atoms with van der Waals surface area (Å²) in [5, 5.41) is 0.479. The molecule has 92 valence electrons. The van der Waals surface area contributed by atoms with E-state index in [1.807, 2.05) is 13.8 Å². The van der Waals surface area contributed by atoms with E-state index in [4.69, 9.17) is 0 Å². The number of hydrogen-bond donors (Lipinski definition) is 1. The van der Waals surface area contributed by atoms with E-state index in [2.05, 4.69) is 28.6 Å². The second-order valence-electron chi connectivity index (χ2n) is 2.49. The van der Waals surface area contributed by atoms with Crippen LogP contribution in [0.1, 0.15) is 27.7 Å². The summed E-state index contributed by atoms with van der Waals surface area (Å²) in [6.45, 7) is 7.19. The average molecular weight is 317 g/mol. The molecular formula is C10H21BrO2S2. The van der Waals surface area contributed by atoms with Gasteiger partial charge in [-0.1, -0.05) is 29.8 Å². The Morgan fingerprint density at radius 1 is 1.20 bits per heavy atom. The van der Waals surface area contributed by atoms with Crippen LogP contribution >= 0.6 is 40.3 Å². The summed E-state index contributed by atoms with van der Waals surface area (Å²) in [5.74, 6) is 3.10. The van der Waals surface area contributed by atoms with Crippen LogP contribution in [0.5, 0.6) is 0 Å². The summed E-state index contributed by atoms with van der Waals surface area (Å²) in [5.41, 5.74) is 0. The molecule has 0 aliphatic heterocycles. The molecule has 0 amide bonds. The lowest BCUT2D eigenvalue weighted by atomic mass is 10.5. The smallest absolute Gasteiger partial charge is 0.140 e. The Balaban J connectivity index is -0.000000158. The van der Waals surface area contributed by atoms with Gasteiger partial charge in [0, 0.05) is 0 Å². The van der Waals surface area contributed by atoms with E-state index in [9.17, 15) is 9.59 Å². The van der Waals surface area contributed by atoms with Crippen molar-refractivity contribution in [2.45, 2.75) is 27.7 Å². The van der Waals surface area contributed by atoms with Crippen LogP contribution in [-0.2, 0) is 9.59 Å². The maximum absolute atomic E-state index is 10.2. The standard InChI is InChI=1S/C5H10OS.C3H5BrO.C2H6S/c1-3-7-4-5(2)6;1-3(5)2-4;1-2-3/h3-4H2,1-2H3;2H2,1H3;3H,2H2,1H3. The lowest BCUT2D eigenvalue weighted by Crippen LogP contribution is -1.92. The Labute approximate surface area is 112 Å². The van der Waals surface area contributed by atoms with Crippen molar-refractivity contribution in [3.8, 4) is 0 Å². The number of rotatable bonds is 4. The van der Waals surface area contributed by atoms with Gasteiger partial charge in [0.25, 0.3) is 0 Å². The minimum Gasteiger partial charge on any atom is -0.299 e. The first kappa shape index (κ1) is 20.9. The minimum atomic E-state index is 0.171. The van der Waals surface area contributed by atoms with E-state index < -0.39 is 0 Å². The largest absolute Gasteiger partial charge is 0.299 e. The third-order valence-electron chi connectivity index (χ3n) is 0.698. The predicted octanol–water partition coefficient (Wildman–Crippen LogP) is 3.23. The first-order chi connectivity index (χ1) is 6.95. The zero-order valence-corrected chi connectivity index (χ0v) is 13.2. The third kappa shape index (κ3) is 53.5. The van der Waals surface area contributed by atoms with Crippen LogP contribution in [0.25, 0.3) is 0 Å². The SMILES string of the molecule is CC(=O)CBr.CCS.CCSCC(C)=O. The van der Waals surface area contributed by atoms with Crippen LogP contribution in [0.2, 0.25) is 0 Å². The van der Waals surface area contributed by atoms with Crippen LogP contribution in [0.15, 0.2) is 0 Å². The van der Waals surface area contributed by atoms with Gasteiger partial charge in [-0.3, -0.25) is 9.59 Å². The quantitative estimate of drug-likeness (QED) is 0.638. The van der Waals surface area contributed by atoms with Gasteiger partial charge in [-0.05, 0) is 25.4 Å². The van der Waals surface area contributed by atoms with Gasteiger partial charge in [0.05, 0.1) is 11.1 Å². The van der Waals surface area contributed by atoms with Gasteiger partial charge in [0.2, 0.25) is 0 Å². The summed E-state index contributed by atoms with van der Waals surface area (Å²) >= 11 is 8.42. The zero-order valence-electron chi connectivity index (χ0n) is 9.88. The molecule has 0 atom stereocenters. The van der Waals surface area contributed by atoms with E-state index in [1.165, 1.54) is 6.92 Å². The Morgan fingerprint density at radius 2 is 1.53 bits per heavy atom. The fraction of sp³-hybridized carbons (Fsp3) is 0.800. The number of thioether (sulfide) groups is 1. The van der Waals surface area contributed by atoms with Crippen LogP contribution in [0.3, 0.4) is 0 Å². The van der Waals surface area contributed by atoms with Crippen molar-refractivity contribution in [3.63, 3.8) is 0 Å². The maximum atomic E-state index is 10.2. The van der Waals surface area contributed by atoms with E-state index in [-0.39, 0.29) is 11.6 Å². The number of alkyl halides is 1. The highest BCUT2D eigenvalue weighted by Crippen LogP contribution is 1.96. The number of carbonyl (C=O) groups excluding carboxylic acids is 2. The van der Waals surface area contributed by atoms with Crippen molar-refractivity contribution in [1.82, 2.24) is 0 Å². The van der Waals surface area contributed by atoms with E-state index in [0.717, 1.165) is 11.5 Å². The molecule has 0 unspecified atom stereocenters. The first-order valence-electron chi connectivity index (χ1n) is 4.69. The second kappa shape index (κ2) is 20.0. The van der Waals surface area contributed by atoms with Gasteiger partial charge in [-0.15, -0.1) is 0 Å². The van der Waals surface area contributed by atoms with Gasteiger partial charge in [0.1, 0.15) is 11.6 Å². The summed E-state index contributed by atoms with van der Waals surface area (Å²) in [6.07, 6.45) is 0. The molecule has 0 aromatic carbocycles. The molecule has 0 aromatic heterocycles. The number of hydrogen-bond acceptors (Lipinski definition) is 4. The van der Waals surface area contributed by atoms with Crippen molar-refractivity contribution in [1.29, 1.82) is 0 Å². The average Bonchev–Trinajstić information content (AvgIpc) is 2.16. The molecule has 0 aliphatic carbocycles. The minimum absolute atomic E-state index is 0.171. The van der Waals surface area contributed by atoms with Crippen LogP contribution in [0.4, 0.5) is 0 Å². The first-order valence-corrected chi connectivity index (χ1v) is 7.60. The van der Waals surface area contributed by atoms with Crippen molar-refractivity contribution < 1.29 is 9.59 Å². The molecule has 0 rings (SSSR count). The molecule has 0 fully saturated rings. The van der Waals surface area contributed by atoms with E-state index in [0.29, 0.717) is 11.1 Å². The molecule has 15 heavy (non-hydrogen) atoms. The topological polar surface area (TPSA) is 34.1 Å². The lowest BCUT2D eigenvalue weighted by Gasteiger charge is -1.87. The van der Waals surface area contributed by atoms with E-state index in [1.54, 1.807) is 18.7 Å². The third-order valence-corrected chi connectivity index (χ3v) is 2.51. The molecular weight excluding hydrogens is 296 g/mol. The Kier molecular flexibility index (Phi) is 27.8. The molecule has 0 aliphatic rings. The zero-order chi connectivity index (χ0) is 12.7. The molecule has 5 heteroatoms. The number of Topliss-reactive ketones (excluding diaryl/α,β-unsaturated/α-hetero) is 2. The summed E-state index contributed by atoms with van der Waals surface area (Å²) in [6, 6.07) is 0. The Bertz CT molecular complexity index is 152. The molecule has 0 aromatic rings. The molecule has 0 N–H and O–H groups in total. The van der Waals surface area contributed by atoms with Gasteiger partial charge >= 0.3 is 0 Å². The summed E-state index contributed by atoms with van der Waals surface area (Å²) in [4.78, 5) is 19.9. The molecule has 0 bridgehead atoms. The molecule has 0 saturated carbocycles. The summed E-state index contributed by atoms with van der Waals surface area (Å²) in [7, 11) is 0. The summed E-state index contributed by atoms with van der Waals surface area (Å²) < 4.78 is 0. The number of halogens is 1. The Morgan fingerprint density at radius 3 is 1.60 bits per heavy atom. The van der Waals surface area contributed by atoms with Gasteiger partial charge in [0.15, 0.2) is 0 Å². The molecule has 0 spiro atoms. The van der Waals surface area contributed by atoms with Crippen molar-refractivity contribution >= 4 is 51.9 Å². The van der Waals surface area contributed by atoms with Crippen molar-refractivity contribution in [2.24, 2.45) is 0 Å². The number of ketones is 2. The lowest BCUT2D eigenvalue weighted by molar-refractivity contribution is -0.115. The molecule has 0 heterocycles. The fourth-order valence-electron chi connectivity index (χ4n) is 0.246. The maximum Gasteiger partial charge on any atom is 0.140 e. The van der Waals surface area contributed by atoms with Gasteiger partial charge in [-0.25, -0.2) is 0 Å². The highest BCUT2D eigenvalue weighted by atomic mass is 79.9. The molecule has 2 nitrogen and oxygen atoms in total. The van der Waals surface area contributed by atoms with Crippen LogP contribution in [-0.4, -0.2) is 34.2 Å². The van der Waals surface area contributed by atoms with Crippen molar-refractivity contribution in [3.05, 3.63) is 0 Å². The fourth-order valence-corrected chi connectivity index (χ4v) is 0.737. The van der Waals surface area contributed by atoms with Gasteiger partial charge < -0.3 is 0 Å². The van der Waals surface area contributed by atoms with Gasteiger partial charge in [-0.2, -0.15) is 24.4 Å². The molecule has 0 saturated heterocycles. The number of thiol groups is 1. The Hall–Kier alpha value is 0.520. The normalized spacial score (nSPS) is 7.87. The second-order valence-corrected chi connectivity index (χ2v) is 4.96. The predicted molar refractivity (Wildman–Crippen MR) is 77.7 cm³/mol. The van der Waals surface area contributed by atoms with Crippen LogP contribution < -0.4 is 0 Å². The monoisotopic (exact) mass is 316 g/mol. The van der Waals surface area contributed by atoms with Crippen LogP contribution in [0, 0.1) is 0 Å². The highest BCUT2D eigenvalue weighted by Gasteiger charge is 1.87. The molecule has 0 radical (unpaired) electrons. The highest BCUT2D eigenvalue weighted by molar-refractivity contribution is 9.09.